The van der Waals surface area contributed by atoms with Crippen molar-refractivity contribution in [2.24, 2.45) is 28.7 Å². The van der Waals surface area contributed by atoms with E-state index >= 15 is 0 Å². The molecule has 2 aromatic heterocycles. The molecule has 0 spiro atoms. The predicted molar refractivity (Wildman–Crippen MR) is 209 cm³/mol. The molecule has 302 valence electrons. The van der Waals surface area contributed by atoms with E-state index in [1.54, 1.807) is 62.6 Å². The minimum absolute atomic E-state index is 0.00776. The van der Waals surface area contributed by atoms with Gasteiger partial charge in [-0.2, -0.15) is 0 Å². The number of hydrogen-bond acceptors (Lipinski definition) is 12. The summed E-state index contributed by atoms with van der Waals surface area (Å²) in [6.45, 7) is 14.5. The van der Waals surface area contributed by atoms with Gasteiger partial charge in [0.15, 0.2) is 0 Å². The first kappa shape index (κ1) is 41.2. The number of aromatic hydroxyl groups is 1. The number of Topliss-reactive ketones (excluding diaryl/α,β-unsaturated/α-hetero) is 2. The lowest BCUT2D eigenvalue weighted by Gasteiger charge is -2.38. The number of rotatable bonds is 2. The number of carbonyl (C=O) groups excluding carboxylic acids is 4. The first-order valence-corrected chi connectivity index (χ1v) is 18.9. The van der Waals surface area contributed by atoms with E-state index in [1.165, 1.54) is 53.2 Å². The van der Waals surface area contributed by atoms with Gasteiger partial charge < -0.3 is 34.3 Å². The topological polar surface area (TPSA) is 196 Å². The number of pyridine rings is 1. The molecule has 4 heterocycles. The summed E-state index contributed by atoms with van der Waals surface area (Å²) < 4.78 is 25.4. The minimum Gasteiger partial charge on any atom is -0.507 e. The van der Waals surface area contributed by atoms with Crippen molar-refractivity contribution in [3.8, 4) is 22.8 Å². The number of aryl methyl sites for hydroxylation is 1. The Morgan fingerprint density at radius 1 is 0.965 bits per heavy atom. The fourth-order valence-corrected chi connectivity index (χ4v) is 7.96. The monoisotopic (exact) mass is 783 g/mol. The normalized spacial score (nSPS) is 30.6. The van der Waals surface area contributed by atoms with Crippen LogP contribution in [0, 0.1) is 37.5 Å². The van der Waals surface area contributed by atoms with Gasteiger partial charge in [-0.05, 0) is 44.5 Å². The van der Waals surface area contributed by atoms with Gasteiger partial charge in [0, 0.05) is 67.5 Å². The third kappa shape index (κ3) is 7.10. The molecule has 3 N–H and O–H groups in total. The van der Waals surface area contributed by atoms with Crippen LogP contribution in [0.4, 0.5) is 0 Å². The van der Waals surface area contributed by atoms with Crippen molar-refractivity contribution in [1.29, 1.82) is 0 Å². The van der Waals surface area contributed by atoms with Crippen molar-refractivity contribution in [1.82, 2.24) is 9.38 Å². The number of esters is 1. The summed E-state index contributed by atoms with van der Waals surface area (Å²) in [5.41, 5.74) is 1.26. The summed E-state index contributed by atoms with van der Waals surface area (Å²) in [6.07, 6.45) is 5.38. The molecule has 0 unspecified atom stereocenters. The number of nitrogens with zero attached hydrogens (tertiary/aromatic N) is 3. The molecule has 14 nitrogen and oxygen atoms in total. The molecular weight excluding hydrogens is 734 g/mol. The molecule has 0 radical (unpaired) electrons. The lowest BCUT2D eigenvalue weighted by atomic mass is 9.78. The maximum Gasteiger partial charge on any atom is 0.312 e. The van der Waals surface area contributed by atoms with Crippen LogP contribution in [0.1, 0.15) is 86.0 Å². The standard InChI is InChI=1S/C43H49N3O11/c1-19-14-16-46-28(18-19)44-32-29-30-37(50)25(7)40-31(29)41(52)43(9,57-40)55-17-15-27(54-10)22(4)39(56-26(8)47)24(6)36(49)23(5)35(48)20(2)12-11-13-21(3)42(53)45-33(34(32)46)38(30)51/h11-18,20,22-24,27,35-36,39,48-50H,1-10H3/b12-11+,17-15+,21-13?,45-33?/t20-,22+,23+,24+,27-,35-,36+,39-,43-/m0/s1. The van der Waals surface area contributed by atoms with E-state index < -0.39 is 83.1 Å². The first-order chi connectivity index (χ1) is 26.8. The number of benzene rings is 1. The lowest BCUT2D eigenvalue weighted by molar-refractivity contribution is -0.160. The Labute approximate surface area is 330 Å². The molecule has 0 saturated carbocycles. The number of allylic oxidation sites excluding steroid dienone is 2. The number of ketones is 2. The van der Waals surface area contributed by atoms with Crippen LogP contribution in [-0.2, 0) is 23.8 Å². The molecule has 0 fully saturated rings. The summed E-state index contributed by atoms with van der Waals surface area (Å²) in [5.74, 6) is -7.67. The van der Waals surface area contributed by atoms with Crippen molar-refractivity contribution < 1.29 is 53.4 Å². The van der Waals surface area contributed by atoms with Gasteiger partial charge in [-0.15, -0.1) is 0 Å². The molecular formula is C43H49N3O11. The van der Waals surface area contributed by atoms with E-state index in [2.05, 4.69) is 4.99 Å². The number of methoxy groups -OCH3 is 1. The molecule has 6 rings (SSSR count). The third-order valence-corrected chi connectivity index (χ3v) is 11.4. The Morgan fingerprint density at radius 2 is 1.67 bits per heavy atom. The number of aliphatic hydroxyl groups excluding tert-OH is 2. The quantitative estimate of drug-likeness (QED) is 0.281. The highest BCUT2D eigenvalue weighted by atomic mass is 16.7. The van der Waals surface area contributed by atoms with Gasteiger partial charge in [0.25, 0.3) is 11.7 Å². The van der Waals surface area contributed by atoms with E-state index in [0.717, 1.165) is 5.56 Å². The van der Waals surface area contributed by atoms with Gasteiger partial charge >= 0.3 is 11.8 Å². The fourth-order valence-electron chi connectivity index (χ4n) is 7.96. The zero-order valence-corrected chi connectivity index (χ0v) is 33.7. The van der Waals surface area contributed by atoms with Crippen LogP contribution < -0.4 is 4.74 Å². The van der Waals surface area contributed by atoms with Gasteiger partial charge in [0.1, 0.15) is 40.3 Å². The fraction of sp³-hybridized carbons (Fsp3) is 0.442. The Hall–Kier alpha value is -5.44. The lowest BCUT2D eigenvalue weighted by Crippen LogP contribution is -2.46. The van der Waals surface area contributed by atoms with Crippen LogP contribution in [-0.4, -0.2) is 91.2 Å². The number of phenolic OH excluding ortho intramolecular Hbond substituents is 1. The van der Waals surface area contributed by atoms with E-state index in [-0.39, 0.29) is 50.7 Å². The summed E-state index contributed by atoms with van der Waals surface area (Å²) in [4.78, 5) is 64.2. The van der Waals surface area contributed by atoms with Crippen LogP contribution in [0.2, 0.25) is 0 Å². The Bertz CT molecular complexity index is 2300. The molecule has 57 heavy (non-hydrogen) atoms. The molecule has 3 aromatic rings. The number of imidazole rings is 1. The second-order valence-electron chi connectivity index (χ2n) is 15.5. The number of carbonyl (C=O) groups is 4. The second kappa shape index (κ2) is 15.5. The first-order valence-electron chi connectivity index (χ1n) is 18.9. The van der Waals surface area contributed by atoms with Gasteiger partial charge in [0.2, 0.25) is 5.78 Å². The van der Waals surface area contributed by atoms with Crippen molar-refractivity contribution in [2.75, 3.05) is 7.11 Å². The molecule has 1 amide bonds. The molecule has 14 heteroatoms. The van der Waals surface area contributed by atoms with Crippen molar-refractivity contribution in [2.45, 2.75) is 92.5 Å². The summed E-state index contributed by atoms with van der Waals surface area (Å²) in [6, 6.07) is 3.57. The van der Waals surface area contributed by atoms with Crippen molar-refractivity contribution in [3.05, 3.63) is 82.4 Å². The van der Waals surface area contributed by atoms with Gasteiger partial charge in [0.05, 0.1) is 35.7 Å². The van der Waals surface area contributed by atoms with E-state index in [1.807, 2.05) is 6.92 Å². The van der Waals surface area contributed by atoms with Crippen LogP contribution in [0.15, 0.2) is 59.5 Å². The van der Waals surface area contributed by atoms with E-state index in [4.69, 9.17) is 23.9 Å². The number of amides is 1. The molecule has 9 atom stereocenters. The Balaban J connectivity index is 1.56. The van der Waals surface area contributed by atoms with Crippen LogP contribution in [0.25, 0.3) is 16.9 Å². The number of fused-ring (bicyclic) bond motifs is 6. The average Bonchev–Trinajstić information content (AvgIpc) is 3.67. The molecule has 0 saturated heterocycles. The van der Waals surface area contributed by atoms with Gasteiger partial charge in [-0.25, -0.2) is 9.98 Å². The van der Waals surface area contributed by atoms with Crippen LogP contribution in [0.3, 0.4) is 0 Å². The Kier molecular flexibility index (Phi) is 11.2. The SMILES string of the molecule is CO[C@H]1/C=C/O[C@@]2(C)Oc3c(C)c(O)c4c(c3C2=O)-c2nc3cc(C)ccn3c2C(=NC(=O)C(C)=C/C=C/[C@H](C)[C@H](O)[C@@H](C)[C@@H](O)[C@@H](C)[C@@H](OC(C)=O)[C@@H]1C)C4=O. The van der Waals surface area contributed by atoms with E-state index in [9.17, 15) is 34.5 Å². The minimum atomic E-state index is -1.99. The molecule has 3 aliphatic rings. The number of ether oxygens (including phenoxy) is 4. The smallest absolute Gasteiger partial charge is 0.312 e. The molecule has 5 bridgehead atoms. The number of hydrogen-bond donors (Lipinski definition) is 3. The largest absolute Gasteiger partial charge is 0.507 e. The maximum atomic E-state index is 14.5. The number of aliphatic hydroxyl groups is 2. The van der Waals surface area contributed by atoms with Crippen LogP contribution >= 0.6 is 0 Å². The number of phenols is 1. The summed E-state index contributed by atoms with van der Waals surface area (Å²) in [7, 11) is 1.45. The highest BCUT2D eigenvalue weighted by Gasteiger charge is 2.52. The zero-order valence-electron chi connectivity index (χ0n) is 33.7. The van der Waals surface area contributed by atoms with Gasteiger partial charge in [-0.1, -0.05) is 45.9 Å². The number of aromatic nitrogens is 2. The van der Waals surface area contributed by atoms with E-state index in [0.29, 0.717) is 5.65 Å². The second-order valence-corrected chi connectivity index (χ2v) is 15.5. The zero-order chi connectivity index (χ0) is 41.8. The van der Waals surface area contributed by atoms with Crippen molar-refractivity contribution in [3.63, 3.8) is 0 Å². The average molecular weight is 784 g/mol. The highest BCUT2D eigenvalue weighted by Crippen LogP contribution is 2.52. The molecule has 1 aromatic carbocycles. The predicted octanol–water partition coefficient (Wildman–Crippen LogP) is 5.39. The summed E-state index contributed by atoms with van der Waals surface area (Å²) in [5, 5.41) is 34.5. The Morgan fingerprint density at radius 3 is 2.33 bits per heavy atom. The maximum absolute atomic E-state index is 14.5. The highest BCUT2D eigenvalue weighted by molar-refractivity contribution is 6.56. The summed E-state index contributed by atoms with van der Waals surface area (Å²) >= 11 is 0. The molecule has 2 aliphatic heterocycles. The number of aliphatic imine (C=N–C) groups is 1. The third-order valence-electron chi connectivity index (χ3n) is 11.4. The molecule has 1 aliphatic carbocycles. The van der Waals surface area contributed by atoms with Crippen molar-refractivity contribution >= 4 is 34.8 Å². The van der Waals surface area contributed by atoms with Crippen LogP contribution in [0.5, 0.6) is 11.5 Å². The van der Waals surface area contributed by atoms with Gasteiger partial charge in [-0.3, -0.25) is 23.6 Å².